The molecule has 1 aliphatic carbocycles. The van der Waals surface area contributed by atoms with E-state index < -0.39 is 11.6 Å². The van der Waals surface area contributed by atoms with E-state index in [0.29, 0.717) is 12.8 Å². The zero-order valence-corrected chi connectivity index (χ0v) is 16.0. The average molecular weight is 393 g/mol. The molecule has 7 heteroatoms. The number of rotatable bonds is 2. The van der Waals surface area contributed by atoms with E-state index in [4.69, 9.17) is 0 Å². The Labute approximate surface area is 166 Å². The Kier molecular flexibility index (Phi) is 3.94. The lowest BCUT2D eigenvalue weighted by molar-refractivity contribution is -0.134. The van der Waals surface area contributed by atoms with Gasteiger partial charge < -0.3 is 5.32 Å². The Morgan fingerprint density at radius 1 is 0.964 bits per heavy atom. The van der Waals surface area contributed by atoms with Crippen molar-refractivity contribution in [2.45, 2.75) is 41.0 Å². The lowest BCUT2D eigenvalue weighted by atomic mass is 9.98. The van der Waals surface area contributed by atoms with Crippen molar-refractivity contribution in [3.05, 3.63) is 48.5 Å². The maximum atomic E-state index is 13.3. The van der Waals surface area contributed by atoms with E-state index in [-0.39, 0.29) is 18.4 Å². The van der Waals surface area contributed by atoms with E-state index in [2.05, 4.69) is 5.32 Å². The van der Waals surface area contributed by atoms with Gasteiger partial charge in [-0.3, -0.25) is 19.4 Å². The number of imide groups is 1. The fraction of sp³-hybridized carbons (Fsp3) is 0.286. The molecule has 142 valence electrons. The zero-order valence-electron chi connectivity index (χ0n) is 15.2. The smallest absolute Gasteiger partial charge is 0.323 e. The number of carbonyl (C=O) groups excluding carboxylic acids is 3. The molecule has 6 nitrogen and oxygen atoms in total. The molecule has 0 bridgehead atoms. The first-order chi connectivity index (χ1) is 13.6. The summed E-state index contributed by atoms with van der Waals surface area (Å²) in [7, 11) is 0. The molecule has 5 rings (SSSR count). The normalized spacial score (nSPS) is 19.6. The highest BCUT2D eigenvalue weighted by molar-refractivity contribution is 7.99. The van der Waals surface area contributed by atoms with Gasteiger partial charge in [0.15, 0.2) is 0 Å². The summed E-state index contributed by atoms with van der Waals surface area (Å²) in [6.07, 6.45) is 3.12. The molecule has 4 amide bonds. The van der Waals surface area contributed by atoms with E-state index in [0.717, 1.165) is 38.9 Å². The molecule has 0 aromatic heterocycles. The van der Waals surface area contributed by atoms with E-state index in [1.54, 1.807) is 16.7 Å². The highest BCUT2D eigenvalue weighted by Crippen LogP contribution is 2.48. The number of amides is 4. The maximum Gasteiger partial charge on any atom is 0.325 e. The Bertz CT molecular complexity index is 954. The number of fused-ring (bicyclic) bond motifs is 2. The molecule has 1 N–H and O–H groups in total. The van der Waals surface area contributed by atoms with Crippen molar-refractivity contribution in [1.82, 2.24) is 10.2 Å². The van der Waals surface area contributed by atoms with E-state index in [9.17, 15) is 14.4 Å². The lowest BCUT2D eigenvalue weighted by Gasteiger charge is -2.31. The number of anilines is 2. The topological polar surface area (TPSA) is 69.7 Å². The first-order valence-electron chi connectivity index (χ1n) is 9.42. The predicted molar refractivity (Wildman–Crippen MR) is 106 cm³/mol. The molecule has 2 fully saturated rings. The van der Waals surface area contributed by atoms with Crippen LogP contribution in [-0.4, -0.2) is 34.8 Å². The van der Waals surface area contributed by atoms with Gasteiger partial charge in [-0.05, 0) is 37.1 Å². The number of nitrogens with one attached hydrogen (secondary N) is 1. The SMILES string of the molecule is O=C1NC2(CCCC2)C(=O)N1CC(=O)N1c2ccccc2Sc2ccccc21. The molecule has 0 atom stereocenters. The van der Waals surface area contributed by atoms with Crippen molar-refractivity contribution in [3.63, 3.8) is 0 Å². The first kappa shape index (κ1) is 17.3. The summed E-state index contributed by atoms with van der Waals surface area (Å²) in [5, 5.41) is 2.84. The Morgan fingerprint density at radius 3 is 2.14 bits per heavy atom. The minimum absolute atomic E-state index is 0.264. The summed E-state index contributed by atoms with van der Waals surface area (Å²) in [5.74, 6) is -0.560. The quantitative estimate of drug-likeness (QED) is 0.791. The minimum Gasteiger partial charge on any atom is -0.323 e. The summed E-state index contributed by atoms with van der Waals surface area (Å²) in [5.41, 5.74) is 0.753. The summed E-state index contributed by atoms with van der Waals surface area (Å²) < 4.78 is 0. The van der Waals surface area contributed by atoms with E-state index in [1.165, 1.54) is 0 Å². The maximum absolute atomic E-state index is 13.3. The highest BCUT2D eigenvalue weighted by Gasteiger charge is 2.53. The predicted octanol–water partition coefficient (Wildman–Crippen LogP) is 3.68. The van der Waals surface area contributed by atoms with Crippen molar-refractivity contribution in [2.24, 2.45) is 0 Å². The van der Waals surface area contributed by atoms with Gasteiger partial charge in [0.05, 0.1) is 11.4 Å². The molecule has 0 radical (unpaired) electrons. The molecule has 2 aliphatic heterocycles. The zero-order chi connectivity index (χ0) is 19.3. The molecule has 1 saturated heterocycles. The van der Waals surface area contributed by atoms with Crippen molar-refractivity contribution in [3.8, 4) is 0 Å². The van der Waals surface area contributed by atoms with Crippen LogP contribution in [0.2, 0.25) is 0 Å². The molecule has 2 heterocycles. The third-order valence-corrected chi connectivity index (χ3v) is 6.81. The van der Waals surface area contributed by atoms with Gasteiger partial charge >= 0.3 is 6.03 Å². The second-order valence-electron chi connectivity index (χ2n) is 7.38. The average Bonchev–Trinajstić information content (AvgIpc) is 3.26. The summed E-state index contributed by atoms with van der Waals surface area (Å²) in [4.78, 5) is 43.4. The third-order valence-electron chi connectivity index (χ3n) is 5.68. The van der Waals surface area contributed by atoms with E-state index >= 15 is 0 Å². The van der Waals surface area contributed by atoms with Crippen LogP contribution in [0.15, 0.2) is 58.3 Å². The molecule has 2 aromatic carbocycles. The third kappa shape index (κ3) is 2.53. The van der Waals surface area contributed by atoms with Crippen LogP contribution in [0.3, 0.4) is 0 Å². The molecular weight excluding hydrogens is 374 g/mol. The van der Waals surface area contributed by atoms with Gasteiger partial charge in [0, 0.05) is 9.79 Å². The number of urea groups is 1. The molecule has 1 saturated carbocycles. The number of hydrogen-bond acceptors (Lipinski definition) is 4. The van der Waals surface area contributed by atoms with Crippen molar-refractivity contribution in [2.75, 3.05) is 11.4 Å². The molecule has 1 spiro atoms. The van der Waals surface area contributed by atoms with Crippen molar-refractivity contribution >= 4 is 41.0 Å². The fourth-order valence-corrected chi connectivity index (χ4v) is 5.37. The molecule has 0 unspecified atom stereocenters. The number of nitrogens with zero attached hydrogens (tertiary/aromatic N) is 2. The Hall–Kier alpha value is -2.80. The van der Waals surface area contributed by atoms with Crippen LogP contribution in [0, 0.1) is 0 Å². The van der Waals surface area contributed by atoms with Crippen LogP contribution in [-0.2, 0) is 9.59 Å². The van der Waals surface area contributed by atoms with Crippen LogP contribution >= 0.6 is 11.8 Å². The van der Waals surface area contributed by atoms with Gasteiger partial charge in [-0.1, -0.05) is 48.9 Å². The van der Waals surface area contributed by atoms with Gasteiger partial charge in [0.25, 0.3) is 11.8 Å². The Balaban J connectivity index is 1.48. The largest absolute Gasteiger partial charge is 0.325 e. The second-order valence-corrected chi connectivity index (χ2v) is 8.46. The number of carbonyl (C=O) groups is 3. The van der Waals surface area contributed by atoms with Crippen LogP contribution in [0.1, 0.15) is 25.7 Å². The van der Waals surface area contributed by atoms with Crippen LogP contribution in [0.4, 0.5) is 16.2 Å². The van der Waals surface area contributed by atoms with Gasteiger partial charge in [-0.15, -0.1) is 0 Å². The second kappa shape index (κ2) is 6.38. The van der Waals surface area contributed by atoms with Gasteiger partial charge in [0.1, 0.15) is 12.1 Å². The van der Waals surface area contributed by atoms with Crippen molar-refractivity contribution < 1.29 is 14.4 Å². The van der Waals surface area contributed by atoms with Crippen LogP contribution in [0.25, 0.3) is 0 Å². The van der Waals surface area contributed by atoms with E-state index in [1.807, 2.05) is 48.5 Å². The van der Waals surface area contributed by atoms with Gasteiger partial charge in [-0.25, -0.2) is 4.79 Å². The van der Waals surface area contributed by atoms with Crippen LogP contribution in [0.5, 0.6) is 0 Å². The molecular formula is C21H19N3O3S. The van der Waals surface area contributed by atoms with Crippen molar-refractivity contribution in [1.29, 1.82) is 0 Å². The minimum atomic E-state index is -0.801. The molecule has 28 heavy (non-hydrogen) atoms. The van der Waals surface area contributed by atoms with Gasteiger partial charge in [0.2, 0.25) is 0 Å². The summed E-state index contributed by atoms with van der Waals surface area (Å²) in [6, 6.07) is 14.9. The Morgan fingerprint density at radius 2 is 1.54 bits per heavy atom. The number of benzene rings is 2. The lowest BCUT2D eigenvalue weighted by Crippen LogP contribution is -2.45. The number of hydrogen-bond donors (Lipinski definition) is 1. The number of para-hydroxylation sites is 2. The monoisotopic (exact) mass is 393 g/mol. The summed E-state index contributed by atoms with van der Waals surface area (Å²) >= 11 is 1.61. The standard InChI is InChI=1S/C21H19N3O3S/c25-18(13-23-19(26)21(22-20(23)27)11-5-6-12-21)24-14-7-1-3-9-16(14)28-17-10-4-2-8-15(17)24/h1-4,7-10H,5-6,11-13H2,(H,22,27). The van der Waals surface area contributed by atoms with Crippen LogP contribution < -0.4 is 10.2 Å². The fourth-order valence-electron chi connectivity index (χ4n) is 4.32. The highest BCUT2D eigenvalue weighted by atomic mass is 32.2. The van der Waals surface area contributed by atoms with Gasteiger partial charge in [-0.2, -0.15) is 0 Å². The molecule has 3 aliphatic rings. The molecule has 2 aromatic rings. The first-order valence-corrected chi connectivity index (χ1v) is 10.2. The summed E-state index contributed by atoms with van der Waals surface area (Å²) in [6.45, 7) is -0.264.